The van der Waals surface area contributed by atoms with E-state index in [-0.39, 0.29) is 0 Å². The molecular weight excluding hydrogens is 360 g/mol. The van der Waals surface area contributed by atoms with Crippen LogP contribution in [0.25, 0.3) is 0 Å². The van der Waals surface area contributed by atoms with Crippen molar-refractivity contribution in [1.29, 1.82) is 0 Å². The van der Waals surface area contributed by atoms with Crippen molar-refractivity contribution in [3.63, 3.8) is 0 Å². The molecule has 0 spiro atoms. The average Bonchev–Trinajstić information content (AvgIpc) is 2.60. The van der Waals surface area contributed by atoms with E-state index < -0.39 is 5.76 Å². The van der Waals surface area contributed by atoms with Gasteiger partial charge >= 0.3 is 0 Å². The summed E-state index contributed by atoms with van der Waals surface area (Å²) < 4.78 is 24.6. The summed E-state index contributed by atoms with van der Waals surface area (Å²) in [6.45, 7) is 2.09. The second-order valence-corrected chi connectivity index (χ2v) is 6.62. The van der Waals surface area contributed by atoms with Crippen molar-refractivity contribution in [3.05, 3.63) is 60.2 Å². The normalized spacial score (nSPS) is 11.4. The molecule has 132 valence electrons. The SMILES string of the molecule is CCC/C(=N/NC(=S)Nc1ccc(SC(F)F)cc1)c1ccccc1. The van der Waals surface area contributed by atoms with Gasteiger partial charge < -0.3 is 5.32 Å². The Bertz CT molecular complexity index is 704. The lowest BCUT2D eigenvalue weighted by Gasteiger charge is -2.10. The van der Waals surface area contributed by atoms with Gasteiger partial charge in [0.15, 0.2) is 5.11 Å². The van der Waals surface area contributed by atoms with Crippen molar-refractivity contribution < 1.29 is 8.78 Å². The van der Waals surface area contributed by atoms with Crippen LogP contribution >= 0.6 is 24.0 Å². The number of thioether (sulfide) groups is 1. The highest BCUT2D eigenvalue weighted by atomic mass is 32.2. The Balaban J connectivity index is 1.96. The van der Waals surface area contributed by atoms with Crippen LogP contribution < -0.4 is 10.7 Å². The number of hydrogen-bond donors (Lipinski definition) is 2. The number of hydrogen-bond acceptors (Lipinski definition) is 3. The van der Waals surface area contributed by atoms with Gasteiger partial charge in [0.1, 0.15) is 0 Å². The van der Waals surface area contributed by atoms with E-state index in [9.17, 15) is 8.78 Å². The fraction of sp³-hybridized carbons (Fsp3) is 0.222. The first-order chi connectivity index (χ1) is 12.1. The summed E-state index contributed by atoms with van der Waals surface area (Å²) in [5, 5.41) is 7.73. The lowest BCUT2D eigenvalue weighted by molar-refractivity contribution is 0.252. The largest absolute Gasteiger partial charge is 0.331 e. The highest BCUT2D eigenvalue weighted by Crippen LogP contribution is 2.26. The molecule has 0 amide bonds. The van der Waals surface area contributed by atoms with Crippen LogP contribution in [0, 0.1) is 0 Å². The number of rotatable bonds is 7. The van der Waals surface area contributed by atoms with Gasteiger partial charge in [0, 0.05) is 10.6 Å². The molecule has 2 rings (SSSR count). The summed E-state index contributed by atoms with van der Waals surface area (Å²) in [5.41, 5.74) is 5.53. The molecule has 0 radical (unpaired) electrons. The van der Waals surface area contributed by atoms with Gasteiger partial charge in [-0.15, -0.1) is 0 Å². The average molecular weight is 380 g/mol. The number of hydrazone groups is 1. The van der Waals surface area contributed by atoms with E-state index >= 15 is 0 Å². The Kier molecular flexibility index (Phi) is 7.81. The summed E-state index contributed by atoms with van der Waals surface area (Å²) in [6.07, 6.45) is 1.80. The van der Waals surface area contributed by atoms with E-state index in [2.05, 4.69) is 22.8 Å². The molecule has 0 saturated heterocycles. The van der Waals surface area contributed by atoms with Gasteiger partial charge in [-0.1, -0.05) is 55.4 Å². The van der Waals surface area contributed by atoms with Crippen molar-refractivity contribution in [3.8, 4) is 0 Å². The highest BCUT2D eigenvalue weighted by Gasteiger charge is 2.06. The predicted octanol–water partition coefficient (Wildman–Crippen LogP) is 5.49. The number of nitrogens with zero attached hydrogens (tertiary/aromatic N) is 1. The molecular formula is C18H19F2N3S2. The first-order valence-corrected chi connectivity index (χ1v) is 9.11. The molecule has 0 unspecified atom stereocenters. The first-order valence-electron chi connectivity index (χ1n) is 7.82. The molecule has 0 aliphatic carbocycles. The number of alkyl halides is 2. The number of benzene rings is 2. The third-order valence-corrected chi connectivity index (χ3v) is 4.14. The maximum atomic E-state index is 12.3. The molecule has 2 aromatic carbocycles. The predicted molar refractivity (Wildman–Crippen MR) is 106 cm³/mol. The van der Waals surface area contributed by atoms with Crippen molar-refractivity contribution in [1.82, 2.24) is 5.43 Å². The number of halogens is 2. The fourth-order valence-corrected chi connectivity index (χ4v) is 2.79. The van der Waals surface area contributed by atoms with Crippen molar-refractivity contribution in [2.24, 2.45) is 5.10 Å². The van der Waals surface area contributed by atoms with Gasteiger partial charge in [-0.05, 0) is 48.5 Å². The highest BCUT2D eigenvalue weighted by molar-refractivity contribution is 7.99. The maximum Gasteiger partial charge on any atom is 0.288 e. The lowest BCUT2D eigenvalue weighted by atomic mass is 10.1. The van der Waals surface area contributed by atoms with Crippen LogP contribution in [0.2, 0.25) is 0 Å². The zero-order chi connectivity index (χ0) is 18.1. The maximum absolute atomic E-state index is 12.3. The molecule has 2 aromatic rings. The molecule has 2 N–H and O–H groups in total. The quantitative estimate of drug-likeness (QED) is 0.289. The van der Waals surface area contributed by atoms with E-state index in [4.69, 9.17) is 12.2 Å². The van der Waals surface area contributed by atoms with Crippen LogP contribution in [0.4, 0.5) is 14.5 Å². The first kappa shape index (κ1) is 19.3. The van der Waals surface area contributed by atoms with Crippen LogP contribution in [0.5, 0.6) is 0 Å². The molecule has 7 heteroatoms. The number of nitrogens with one attached hydrogen (secondary N) is 2. The summed E-state index contributed by atoms with van der Waals surface area (Å²) in [6, 6.07) is 16.6. The van der Waals surface area contributed by atoms with Crippen LogP contribution in [-0.4, -0.2) is 16.6 Å². The zero-order valence-corrected chi connectivity index (χ0v) is 15.3. The molecule has 0 fully saturated rings. The number of thiocarbonyl (C=S) groups is 1. The van der Waals surface area contributed by atoms with Gasteiger partial charge in [-0.25, -0.2) is 0 Å². The van der Waals surface area contributed by atoms with Crippen LogP contribution in [0.1, 0.15) is 25.3 Å². The van der Waals surface area contributed by atoms with Gasteiger partial charge in [0.05, 0.1) is 5.71 Å². The van der Waals surface area contributed by atoms with Gasteiger partial charge in [-0.2, -0.15) is 13.9 Å². The van der Waals surface area contributed by atoms with E-state index in [1.807, 2.05) is 30.3 Å². The Morgan fingerprint density at radius 1 is 1.12 bits per heavy atom. The van der Waals surface area contributed by atoms with E-state index in [1.54, 1.807) is 24.3 Å². The minimum atomic E-state index is -2.43. The molecule has 0 bridgehead atoms. The van der Waals surface area contributed by atoms with Crippen molar-refractivity contribution >= 4 is 40.5 Å². The Hall–Kier alpha value is -1.99. The second-order valence-electron chi connectivity index (χ2n) is 5.14. The smallest absolute Gasteiger partial charge is 0.288 e. The van der Waals surface area contributed by atoms with E-state index in [0.29, 0.717) is 27.5 Å². The second kappa shape index (κ2) is 10.1. The molecule has 25 heavy (non-hydrogen) atoms. The molecule has 0 heterocycles. The van der Waals surface area contributed by atoms with Crippen LogP contribution in [0.3, 0.4) is 0 Å². The summed E-state index contributed by atoms with van der Waals surface area (Å²) in [4.78, 5) is 0.506. The molecule has 0 saturated carbocycles. The summed E-state index contributed by atoms with van der Waals surface area (Å²) >= 11 is 5.75. The topological polar surface area (TPSA) is 36.4 Å². The molecule has 0 aliphatic rings. The summed E-state index contributed by atoms with van der Waals surface area (Å²) in [5.74, 6) is -2.43. The third-order valence-electron chi connectivity index (χ3n) is 3.22. The van der Waals surface area contributed by atoms with Crippen LogP contribution in [0.15, 0.2) is 64.6 Å². The van der Waals surface area contributed by atoms with Gasteiger partial charge in [-0.3, -0.25) is 5.43 Å². The number of anilines is 1. The van der Waals surface area contributed by atoms with Crippen molar-refractivity contribution in [2.75, 3.05) is 5.32 Å². The third kappa shape index (κ3) is 6.80. The standard InChI is InChI=1S/C18H19F2N3S2/c1-2-6-16(13-7-4-3-5-8-13)22-23-18(24)21-14-9-11-15(12-10-14)25-17(19)20/h3-5,7-12,17H,2,6H2,1H3,(H2,21,23,24)/b22-16-. The molecule has 0 aliphatic heterocycles. The Morgan fingerprint density at radius 2 is 1.80 bits per heavy atom. The zero-order valence-electron chi connectivity index (χ0n) is 13.7. The molecule has 0 atom stereocenters. The summed E-state index contributed by atoms with van der Waals surface area (Å²) in [7, 11) is 0. The van der Waals surface area contributed by atoms with Gasteiger partial charge in [0.2, 0.25) is 0 Å². The van der Waals surface area contributed by atoms with Crippen LogP contribution in [-0.2, 0) is 0 Å². The molecule has 0 aromatic heterocycles. The Morgan fingerprint density at radius 3 is 2.40 bits per heavy atom. The minimum absolute atomic E-state index is 0.346. The lowest BCUT2D eigenvalue weighted by Crippen LogP contribution is -2.25. The van der Waals surface area contributed by atoms with Crippen molar-refractivity contribution in [2.45, 2.75) is 30.4 Å². The van der Waals surface area contributed by atoms with E-state index in [1.165, 1.54) is 0 Å². The molecule has 3 nitrogen and oxygen atoms in total. The monoisotopic (exact) mass is 379 g/mol. The fourth-order valence-electron chi connectivity index (χ4n) is 2.13. The minimum Gasteiger partial charge on any atom is -0.331 e. The van der Waals surface area contributed by atoms with Gasteiger partial charge in [0.25, 0.3) is 5.76 Å². The Labute approximate surface area is 155 Å². The van der Waals surface area contributed by atoms with E-state index in [0.717, 1.165) is 24.1 Å².